The van der Waals surface area contributed by atoms with Crippen LogP contribution in [0.25, 0.3) is 0 Å². The van der Waals surface area contributed by atoms with Crippen LogP contribution in [0.1, 0.15) is 33.3 Å². The van der Waals surface area contributed by atoms with Gasteiger partial charge >= 0.3 is 6.03 Å². The molecule has 6 heteroatoms. The third-order valence-electron chi connectivity index (χ3n) is 3.51. The van der Waals surface area contributed by atoms with Crippen molar-refractivity contribution in [2.24, 2.45) is 0 Å². The predicted molar refractivity (Wildman–Crippen MR) is 89.5 cm³/mol. The molecule has 1 rings (SSSR count). The van der Waals surface area contributed by atoms with E-state index in [0.717, 1.165) is 16.2 Å². The van der Waals surface area contributed by atoms with Crippen molar-refractivity contribution in [2.45, 2.75) is 46.3 Å². The molecule has 0 bridgehead atoms. The molecule has 0 aromatic heterocycles. The summed E-state index contributed by atoms with van der Waals surface area (Å²) in [5.41, 5.74) is 1.11. The molecule has 0 spiro atoms. The van der Waals surface area contributed by atoms with Gasteiger partial charge in [-0.2, -0.15) is 0 Å². The van der Waals surface area contributed by atoms with Crippen LogP contribution in [0.5, 0.6) is 5.75 Å². The summed E-state index contributed by atoms with van der Waals surface area (Å²) in [6.07, 6.45) is 0. The topological polar surface area (TPSA) is 71.9 Å². The molecule has 0 aliphatic carbocycles. The normalized spacial score (nSPS) is 13.3. The van der Waals surface area contributed by atoms with Crippen LogP contribution in [0.2, 0.25) is 0 Å². The summed E-state index contributed by atoms with van der Waals surface area (Å²) in [6.45, 7) is 8.77. The van der Waals surface area contributed by atoms with Gasteiger partial charge in [0, 0.05) is 11.6 Å². The van der Waals surface area contributed by atoms with Crippen LogP contribution in [0.15, 0.2) is 24.3 Å². The quantitative estimate of drug-likeness (QED) is 0.693. The lowest BCUT2D eigenvalue weighted by Crippen LogP contribution is -3.12. The monoisotopic (exact) mass is 322 g/mol. The lowest BCUT2D eigenvalue weighted by molar-refractivity contribution is -0.908. The lowest BCUT2D eigenvalue weighted by atomic mass is 10.2. The Morgan fingerprint density at radius 2 is 1.78 bits per heavy atom. The SMILES string of the molecule is CCOc1ccc(C[NH+](C)[C@@H](C)C(=O)NC(=O)NC(C)C)cc1. The molecule has 23 heavy (non-hydrogen) atoms. The molecule has 2 atom stereocenters. The van der Waals surface area contributed by atoms with Gasteiger partial charge < -0.3 is 15.0 Å². The fraction of sp³-hybridized carbons (Fsp3) is 0.529. The highest BCUT2D eigenvalue weighted by atomic mass is 16.5. The minimum Gasteiger partial charge on any atom is -0.494 e. The van der Waals surface area contributed by atoms with Crippen LogP contribution in [0.3, 0.4) is 0 Å². The van der Waals surface area contributed by atoms with E-state index in [1.54, 1.807) is 0 Å². The summed E-state index contributed by atoms with van der Waals surface area (Å²) in [5.74, 6) is 0.552. The third-order valence-corrected chi connectivity index (χ3v) is 3.51. The highest BCUT2D eigenvalue weighted by Crippen LogP contribution is 2.11. The number of imide groups is 1. The number of quaternary nitrogens is 1. The Morgan fingerprint density at radius 1 is 1.17 bits per heavy atom. The highest BCUT2D eigenvalue weighted by Gasteiger charge is 2.23. The van der Waals surface area contributed by atoms with Crippen molar-refractivity contribution in [3.8, 4) is 5.75 Å². The van der Waals surface area contributed by atoms with Gasteiger partial charge in [0.2, 0.25) is 0 Å². The average molecular weight is 322 g/mol. The largest absolute Gasteiger partial charge is 0.494 e. The lowest BCUT2D eigenvalue weighted by Gasteiger charge is -2.21. The van der Waals surface area contributed by atoms with E-state index in [-0.39, 0.29) is 18.0 Å². The molecule has 1 unspecified atom stereocenters. The minimum atomic E-state index is -0.453. The number of rotatable bonds is 7. The molecule has 0 saturated carbocycles. The van der Waals surface area contributed by atoms with Crippen molar-refractivity contribution in [3.05, 3.63) is 29.8 Å². The van der Waals surface area contributed by atoms with Gasteiger partial charge in [0.15, 0.2) is 6.04 Å². The summed E-state index contributed by atoms with van der Waals surface area (Å²) < 4.78 is 5.41. The van der Waals surface area contributed by atoms with Gasteiger partial charge in [-0.15, -0.1) is 0 Å². The van der Waals surface area contributed by atoms with E-state index in [0.29, 0.717) is 13.2 Å². The summed E-state index contributed by atoms with van der Waals surface area (Å²) >= 11 is 0. The number of carbonyl (C=O) groups excluding carboxylic acids is 2. The molecule has 3 N–H and O–H groups in total. The Bertz CT molecular complexity index is 514. The molecule has 128 valence electrons. The van der Waals surface area contributed by atoms with Gasteiger partial charge in [-0.25, -0.2) is 4.79 Å². The molecule has 6 nitrogen and oxygen atoms in total. The first-order valence-electron chi connectivity index (χ1n) is 7.98. The predicted octanol–water partition coefficient (Wildman–Crippen LogP) is 0.723. The second kappa shape index (κ2) is 9.15. The summed E-state index contributed by atoms with van der Waals surface area (Å²) in [4.78, 5) is 24.7. The van der Waals surface area contributed by atoms with E-state index in [2.05, 4.69) is 10.6 Å². The Kier molecular flexibility index (Phi) is 7.54. The number of hydrogen-bond acceptors (Lipinski definition) is 3. The van der Waals surface area contributed by atoms with Gasteiger partial charge in [-0.3, -0.25) is 10.1 Å². The molecular formula is C17H28N3O3+. The Labute approximate surface area is 138 Å². The Hall–Kier alpha value is -2.08. The maximum atomic E-state index is 12.1. The number of ether oxygens (including phenoxy) is 1. The summed E-state index contributed by atoms with van der Waals surface area (Å²) in [5, 5.41) is 5.02. The van der Waals surface area contributed by atoms with E-state index < -0.39 is 6.03 Å². The Morgan fingerprint density at radius 3 is 2.30 bits per heavy atom. The van der Waals surface area contributed by atoms with Crippen molar-refractivity contribution in [3.63, 3.8) is 0 Å². The smallest absolute Gasteiger partial charge is 0.321 e. The van der Waals surface area contributed by atoms with E-state index in [1.165, 1.54) is 0 Å². The van der Waals surface area contributed by atoms with Gasteiger partial charge in [0.1, 0.15) is 12.3 Å². The second-order valence-electron chi connectivity index (χ2n) is 5.94. The molecule has 0 radical (unpaired) electrons. The molecule has 1 aromatic carbocycles. The summed E-state index contributed by atoms with van der Waals surface area (Å²) in [6, 6.07) is 7.03. The molecule has 0 saturated heterocycles. The molecule has 0 heterocycles. The second-order valence-corrected chi connectivity index (χ2v) is 5.94. The maximum absolute atomic E-state index is 12.1. The zero-order chi connectivity index (χ0) is 17.4. The number of hydrogen-bond donors (Lipinski definition) is 3. The van der Waals surface area contributed by atoms with Crippen LogP contribution in [-0.4, -0.2) is 37.7 Å². The van der Waals surface area contributed by atoms with E-state index >= 15 is 0 Å². The molecule has 3 amide bonds. The third kappa shape index (κ3) is 6.69. The minimum absolute atomic E-state index is 0.00737. The number of nitrogens with one attached hydrogen (secondary N) is 3. The van der Waals surface area contributed by atoms with Gasteiger partial charge in [0.25, 0.3) is 5.91 Å². The zero-order valence-corrected chi connectivity index (χ0v) is 14.6. The standard InChI is InChI=1S/C17H27N3O3/c1-6-23-15-9-7-14(8-10-15)11-20(5)13(4)16(21)19-17(22)18-12(2)3/h7-10,12-13H,6,11H2,1-5H3,(H2,18,19,21,22)/p+1/t13-/m0/s1. The fourth-order valence-corrected chi connectivity index (χ4v) is 2.09. The maximum Gasteiger partial charge on any atom is 0.321 e. The average Bonchev–Trinajstić information content (AvgIpc) is 2.47. The van der Waals surface area contributed by atoms with Crippen molar-refractivity contribution in [1.82, 2.24) is 10.6 Å². The summed E-state index contributed by atoms with van der Waals surface area (Å²) in [7, 11) is 1.93. The van der Waals surface area contributed by atoms with E-state index in [4.69, 9.17) is 4.74 Å². The van der Waals surface area contributed by atoms with Crippen molar-refractivity contribution in [1.29, 1.82) is 0 Å². The van der Waals surface area contributed by atoms with Crippen LogP contribution in [0.4, 0.5) is 4.79 Å². The van der Waals surface area contributed by atoms with Crippen molar-refractivity contribution >= 4 is 11.9 Å². The zero-order valence-electron chi connectivity index (χ0n) is 14.6. The first kappa shape index (κ1) is 19.0. The number of benzene rings is 1. The molecule has 0 fully saturated rings. The van der Waals surface area contributed by atoms with Gasteiger partial charge in [-0.1, -0.05) is 0 Å². The first-order valence-corrected chi connectivity index (χ1v) is 7.98. The number of urea groups is 1. The van der Waals surface area contributed by atoms with Crippen LogP contribution in [0, 0.1) is 0 Å². The van der Waals surface area contributed by atoms with Crippen LogP contribution in [-0.2, 0) is 11.3 Å². The highest BCUT2D eigenvalue weighted by molar-refractivity contribution is 5.96. The molecule has 1 aromatic rings. The molecule has 0 aliphatic heterocycles. The molecule has 0 aliphatic rings. The number of carbonyl (C=O) groups is 2. The van der Waals surface area contributed by atoms with Gasteiger partial charge in [0.05, 0.1) is 13.7 Å². The number of likely N-dealkylation sites (N-methyl/N-ethyl adjacent to an activating group) is 1. The van der Waals surface area contributed by atoms with E-state index in [9.17, 15) is 9.59 Å². The van der Waals surface area contributed by atoms with E-state index in [1.807, 2.05) is 59.0 Å². The first-order chi connectivity index (χ1) is 10.8. The number of amides is 3. The molecular weight excluding hydrogens is 294 g/mol. The Balaban J connectivity index is 2.53. The van der Waals surface area contributed by atoms with Gasteiger partial charge in [-0.05, 0) is 52.0 Å². The van der Waals surface area contributed by atoms with Crippen LogP contribution >= 0.6 is 0 Å². The fourth-order valence-electron chi connectivity index (χ4n) is 2.09. The van der Waals surface area contributed by atoms with Crippen LogP contribution < -0.4 is 20.3 Å². The van der Waals surface area contributed by atoms with Crippen molar-refractivity contribution in [2.75, 3.05) is 13.7 Å². The van der Waals surface area contributed by atoms with Crippen molar-refractivity contribution < 1.29 is 19.2 Å².